The summed E-state index contributed by atoms with van der Waals surface area (Å²) >= 11 is 0. The number of rotatable bonds is 7. The first kappa shape index (κ1) is 19.4. The van der Waals surface area contributed by atoms with Gasteiger partial charge in [0.15, 0.2) is 0 Å². The van der Waals surface area contributed by atoms with Gasteiger partial charge in [-0.2, -0.15) is 0 Å². The summed E-state index contributed by atoms with van der Waals surface area (Å²) in [6.45, 7) is 1.82. The number of nitrogens with two attached hydrogens (primary N) is 2. The smallest absolute Gasteiger partial charge is 0.331 e. The first-order chi connectivity index (χ1) is 8.72. The molecule has 0 aromatic rings. The Labute approximate surface area is 110 Å². The Kier molecular flexibility index (Phi) is 11.4. The van der Waals surface area contributed by atoms with Crippen LogP contribution in [0, 0.1) is 0 Å². The van der Waals surface area contributed by atoms with E-state index in [1.54, 1.807) is 0 Å². The van der Waals surface area contributed by atoms with Crippen LogP contribution in [-0.2, 0) is 14.4 Å². The summed E-state index contributed by atoms with van der Waals surface area (Å²) in [5, 5.41) is 24.4. The molecule has 0 amide bonds. The van der Waals surface area contributed by atoms with E-state index in [4.69, 9.17) is 26.8 Å². The van der Waals surface area contributed by atoms with Gasteiger partial charge < -0.3 is 26.8 Å². The third-order valence-electron chi connectivity index (χ3n) is 1.96. The van der Waals surface area contributed by atoms with Crippen molar-refractivity contribution in [1.82, 2.24) is 0 Å². The molecular formula is C11H20N2O6. The van der Waals surface area contributed by atoms with Crippen LogP contribution in [0.1, 0.15) is 26.2 Å². The molecule has 0 saturated heterocycles. The monoisotopic (exact) mass is 276 g/mol. The molecule has 1 atom stereocenters. The molecule has 19 heavy (non-hydrogen) atoms. The molecule has 0 aliphatic carbocycles. The normalized spacial score (nSPS) is 12.1. The summed E-state index contributed by atoms with van der Waals surface area (Å²) in [6, 6.07) is -0.716. The fourth-order valence-corrected chi connectivity index (χ4v) is 0.879. The van der Waals surface area contributed by atoms with Gasteiger partial charge in [0.05, 0.1) is 0 Å². The van der Waals surface area contributed by atoms with E-state index >= 15 is 0 Å². The highest BCUT2D eigenvalue weighted by Crippen LogP contribution is 1.97. The van der Waals surface area contributed by atoms with Crippen LogP contribution in [-0.4, -0.2) is 45.8 Å². The van der Waals surface area contributed by atoms with Gasteiger partial charge in [0.25, 0.3) is 0 Å². The molecule has 0 aromatic carbocycles. The molecule has 0 saturated carbocycles. The van der Waals surface area contributed by atoms with Crippen molar-refractivity contribution < 1.29 is 29.7 Å². The first-order valence-corrected chi connectivity index (χ1v) is 5.55. The Balaban J connectivity index is 0. The van der Waals surface area contributed by atoms with Gasteiger partial charge in [0, 0.05) is 11.6 Å². The molecule has 0 aromatic heterocycles. The van der Waals surface area contributed by atoms with Gasteiger partial charge >= 0.3 is 17.9 Å². The maximum absolute atomic E-state index is 10.1. The molecule has 0 bridgehead atoms. The lowest BCUT2D eigenvalue weighted by Crippen LogP contribution is -2.29. The van der Waals surface area contributed by atoms with Crippen LogP contribution < -0.4 is 11.5 Å². The maximum Gasteiger partial charge on any atom is 0.331 e. The number of aliphatic carboxylic acids is 3. The minimum absolute atomic E-state index is 0.178. The van der Waals surface area contributed by atoms with E-state index in [0.29, 0.717) is 19.0 Å². The van der Waals surface area contributed by atoms with Crippen molar-refractivity contribution in [3.63, 3.8) is 0 Å². The van der Waals surface area contributed by atoms with Gasteiger partial charge in [-0.15, -0.1) is 0 Å². The summed E-state index contributed by atoms with van der Waals surface area (Å²) in [4.78, 5) is 29.8. The van der Waals surface area contributed by atoms with Crippen LogP contribution in [0.5, 0.6) is 0 Å². The second kappa shape index (κ2) is 11.2. The van der Waals surface area contributed by atoms with Gasteiger partial charge in [0.2, 0.25) is 0 Å². The topological polar surface area (TPSA) is 164 Å². The maximum atomic E-state index is 10.1. The molecule has 110 valence electrons. The van der Waals surface area contributed by atoms with E-state index in [0.717, 1.165) is 12.8 Å². The second-order valence-corrected chi connectivity index (χ2v) is 3.70. The zero-order chi connectivity index (χ0) is 15.4. The minimum atomic E-state index is -1.24. The third kappa shape index (κ3) is 14.0. The number of hydrogen-bond acceptors (Lipinski definition) is 5. The van der Waals surface area contributed by atoms with E-state index in [-0.39, 0.29) is 5.57 Å². The van der Waals surface area contributed by atoms with Crippen LogP contribution in [0.15, 0.2) is 11.6 Å². The lowest BCUT2D eigenvalue weighted by molar-refractivity contribution is -0.138. The summed E-state index contributed by atoms with van der Waals surface area (Å²) in [5.41, 5.74) is 10.2. The molecule has 8 heteroatoms. The zero-order valence-corrected chi connectivity index (χ0v) is 10.7. The Morgan fingerprint density at radius 1 is 1.16 bits per heavy atom. The number of carboxylic acids is 3. The number of unbranched alkanes of at least 4 members (excludes halogenated alkanes) is 1. The Morgan fingerprint density at radius 2 is 1.68 bits per heavy atom. The highest BCUT2D eigenvalue weighted by atomic mass is 16.4. The number of carboxylic acid groups (broad SMARTS) is 3. The molecular weight excluding hydrogens is 256 g/mol. The van der Waals surface area contributed by atoms with E-state index < -0.39 is 23.9 Å². The van der Waals surface area contributed by atoms with Crippen molar-refractivity contribution in [2.45, 2.75) is 32.2 Å². The van der Waals surface area contributed by atoms with Crippen molar-refractivity contribution in [2.24, 2.45) is 11.5 Å². The lowest BCUT2D eigenvalue weighted by Gasteiger charge is -2.03. The lowest BCUT2D eigenvalue weighted by atomic mass is 10.1. The van der Waals surface area contributed by atoms with Crippen molar-refractivity contribution >= 4 is 17.9 Å². The van der Waals surface area contributed by atoms with Gasteiger partial charge in [0.1, 0.15) is 6.04 Å². The van der Waals surface area contributed by atoms with Crippen molar-refractivity contribution in [3.8, 4) is 0 Å². The van der Waals surface area contributed by atoms with Crippen LogP contribution in [0.2, 0.25) is 0 Å². The minimum Gasteiger partial charge on any atom is -0.480 e. The molecule has 8 nitrogen and oxygen atoms in total. The van der Waals surface area contributed by atoms with Crippen molar-refractivity contribution in [2.75, 3.05) is 6.54 Å². The molecule has 0 radical (unpaired) electrons. The summed E-state index contributed by atoms with van der Waals surface area (Å²) < 4.78 is 0. The van der Waals surface area contributed by atoms with Gasteiger partial charge in [-0.3, -0.25) is 4.79 Å². The molecule has 0 aliphatic heterocycles. The Morgan fingerprint density at radius 3 is 1.95 bits per heavy atom. The zero-order valence-electron chi connectivity index (χ0n) is 10.7. The summed E-state index contributed by atoms with van der Waals surface area (Å²) in [6.07, 6.45) is 2.81. The molecule has 0 heterocycles. The van der Waals surface area contributed by atoms with Crippen LogP contribution in [0.4, 0.5) is 0 Å². The fourth-order valence-electron chi connectivity index (χ4n) is 0.879. The van der Waals surface area contributed by atoms with Gasteiger partial charge in [-0.25, -0.2) is 9.59 Å². The van der Waals surface area contributed by atoms with Crippen LogP contribution in [0.25, 0.3) is 0 Å². The predicted octanol–water partition coefficient (Wildman–Crippen LogP) is -0.371. The van der Waals surface area contributed by atoms with Crippen molar-refractivity contribution in [1.29, 1.82) is 0 Å². The molecule has 0 rings (SSSR count). The first-order valence-electron chi connectivity index (χ1n) is 5.55. The second-order valence-electron chi connectivity index (χ2n) is 3.70. The molecule has 0 unspecified atom stereocenters. The quantitative estimate of drug-likeness (QED) is 0.310. The average Bonchev–Trinajstić information content (AvgIpc) is 2.28. The van der Waals surface area contributed by atoms with E-state index in [2.05, 4.69) is 0 Å². The fraction of sp³-hybridized carbons (Fsp3) is 0.545. The molecule has 0 spiro atoms. The Hall–Kier alpha value is -1.93. The summed E-state index contributed by atoms with van der Waals surface area (Å²) in [5.74, 6) is -3.38. The SMILES string of the molecule is C/C(=C\C(=O)O)C(=O)O.NCCCC[C@H](N)C(=O)O. The summed E-state index contributed by atoms with van der Waals surface area (Å²) in [7, 11) is 0. The standard InChI is InChI=1S/C6H14N2O2.C5H6O4/c7-4-2-1-3-5(8)6(9)10;1-3(5(8)9)2-4(6)7/h5H,1-4,7-8H2,(H,9,10);2H,1H3,(H,6,7)(H,8,9)/b;3-2+/t5-;/m0./s1. The molecule has 0 aliphatic rings. The predicted molar refractivity (Wildman–Crippen MR) is 67.5 cm³/mol. The molecule has 0 fully saturated rings. The number of hydrogen-bond donors (Lipinski definition) is 5. The number of carbonyl (C=O) groups is 3. The van der Waals surface area contributed by atoms with Gasteiger partial charge in [-0.05, 0) is 26.3 Å². The average molecular weight is 276 g/mol. The van der Waals surface area contributed by atoms with E-state index in [1.165, 1.54) is 6.92 Å². The van der Waals surface area contributed by atoms with Crippen LogP contribution >= 0.6 is 0 Å². The van der Waals surface area contributed by atoms with Gasteiger partial charge in [-0.1, -0.05) is 6.42 Å². The highest BCUT2D eigenvalue weighted by molar-refractivity contribution is 5.93. The molecule has 7 N–H and O–H groups in total. The third-order valence-corrected chi connectivity index (χ3v) is 1.96. The van der Waals surface area contributed by atoms with E-state index in [9.17, 15) is 14.4 Å². The Bertz CT molecular complexity index is 340. The van der Waals surface area contributed by atoms with Crippen molar-refractivity contribution in [3.05, 3.63) is 11.6 Å². The van der Waals surface area contributed by atoms with E-state index in [1.807, 2.05) is 0 Å². The highest BCUT2D eigenvalue weighted by Gasteiger charge is 2.09. The largest absolute Gasteiger partial charge is 0.480 e. The van der Waals surface area contributed by atoms with Crippen LogP contribution in [0.3, 0.4) is 0 Å².